The number of carbonyl (C=O) groups is 3. The van der Waals surface area contributed by atoms with Crippen molar-refractivity contribution >= 4 is 33.6 Å². The lowest BCUT2D eigenvalue weighted by Gasteiger charge is -2.21. The summed E-state index contributed by atoms with van der Waals surface area (Å²) in [6.07, 6.45) is 1.96. The minimum absolute atomic E-state index is 0.0137. The van der Waals surface area contributed by atoms with Gasteiger partial charge < -0.3 is 19.3 Å². The highest BCUT2D eigenvalue weighted by molar-refractivity contribution is 7.93. The van der Waals surface area contributed by atoms with Crippen LogP contribution >= 0.6 is 0 Å². The van der Waals surface area contributed by atoms with Crippen LogP contribution in [0.1, 0.15) is 57.8 Å². The van der Waals surface area contributed by atoms with Crippen molar-refractivity contribution in [1.29, 1.82) is 0 Å². The molecule has 1 aromatic carbocycles. The quantitative estimate of drug-likeness (QED) is 0.492. The van der Waals surface area contributed by atoms with Crippen LogP contribution in [0.5, 0.6) is 5.75 Å². The highest BCUT2D eigenvalue weighted by Crippen LogP contribution is 2.33. The van der Waals surface area contributed by atoms with E-state index in [1.165, 1.54) is 32.0 Å². The van der Waals surface area contributed by atoms with Crippen LogP contribution in [0.25, 0.3) is 0 Å². The van der Waals surface area contributed by atoms with Crippen molar-refractivity contribution in [3.05, 3.63) is 23.8 Å². The number of aliphatic carboxylic acids is 1. The second-order valence-corrected chi connectivity index (χ2v) is 10.8. The molecular weight excluding hydrogens is 442 g/mol. The maximum atomic E-state index is 12.5. The van der Waals surface area contributed by atoms with Crippen molar-refractivity contribution in [2.75, 3.05) is 17.1 Å². The van der Waals surface area contributed by atoms with Gasteiger partial charge in [-0.25, -0.2) is 18.0 Å². The molecule has 0 saturated heterocycles. The molecule has 0 bridgehead atoms. The first-order chi connectivity index (χ1) is 14.6. The van der Waals surface area contributed by atoms with E-state index in [0.29, 0.717) is 12.5 Å². The molecule has 11 heteroatoms. The number of carbonyl (C=O) groups excluding carboxylic acids is 2. The van der Waals surface area contributed by atoms with E-state index in [1.807, 2.05) is 0 Å². The van der Waals surface area contributed by atoms with E-state index >= 15 is 0 Å². The molecule has 0 atom stereocenters. The SMILES string of the molecule is CC(C)(C)OC(=O)CS(=O)(=O)Nc1ccc(C(=O)OC(C)(C)C(=O)O)cc1OCC1CC1. The van der Waals surface area contributed by atoms with Gasteiger partial charge in [-0.15, -0.1) is 0 Å². The van der Waals surface area contributed by atoms with Crippen molar-refractivity contribution in [3.8, 4) is 5.75 Å². The van der Waals surface area contributed by atoms with Crippen molar-refractivity contribution in [2.45, 2.75) is 58.7 Å². The number of carboxylic acids is 1. The molecule has 1 aromatic rings. The molecule has 0 aromatic heterocycles. The molecule has 1 saturated carbocycles. The zero-order chi connectivity index (χ0) is 24.3. The Morgan fingerprint density at radius 2 is 1.72 bits per heavy atom. The molecule has 0 heterocycles. The van der Waals surface area contributed by atoms with Gasteiger partial charge in [0.1, 0.15) is 11.4 Å². The fourth-order valence-electron chi connectivity index (χ4n) is 2.41. The number of hydrogen-bond acceptors (Lipinski definition) is 8. The zero-order valence-corrected chi connectivity index (χ0v) is 19.6. The molecule has 1 aliphatic rings. The second-order valence-electron chi connectivity index (χ2n) is 9.12. The van der Waals surface area contributed by atoms with E-state index in [0.717, 1.165) is 12.8 Å². The number of anilines is 1. The van der Waals surface area contributed by atoms with Crippen LogP contribution in [-0.2, 0) is 29.1 Å². The molecule has 32 heavy (non-hydrogen) atoms. The van der Waals surface area contributed by atoms with Crippen LogP contribution in [0.4, 0.5) is 5.69 Å². The summed E-state index contributed by atoms with van der Waals surface area (Å²) >= 11 is 0. The van der Waals surface area contributed by atoms with E-state index in [1.54, 1.807) is 20.8 Å². The van der Waals surface area contributed by atoms with Gasteiger partial charge in [-0.2, -0.15) is 0 Å². The van der Waals surface area contributed by atoms with Crippen LogP contribution in [0.15, 0.2) is 18.2 Å². The van der Waals surface area contributed by atoms with Gasteiger partial charge in [0, 0.05) is 0 Å². The Hall–Kier alpha value is -2.82. The number of esters is 2. The predicted molar refractivity (Wildman–Crippen MR) is 115 cm³/mol. The number of sulfonamides is 1. The van der Waals surface area contributed by atoms with Gasteiger partial charge in [0.25, 0.3) is 0 Å². The van der Waals surface area contributed by atoms with Crippen LogP contribution in [0, 0.1) is 5.92 Å². The second kappa shape index (κ2) is 9.35. The normalized spacial score (nSPS) is 14.4. The van der Waals surface area contributed by atoms with E-state index in [4.69, 9.17) is 19.3 Å². The minimum Gasteiger partial charge on any atom is -0.491 e. The predicted octanol–water partition coefficient (Wildman–Crippen LogP) is 2.58. The summed E-state index contributed by atoms with van der Waals surface area (Å²) in [6, 6.07) is 3.84. The van der Waals surface area contributed by atoms with Crippen molar-refractivity contribution in [1.82, 2.24) is 0 Å². The van der Waals surface area contributed by atoms with Crippen LogP contribution in [-0.4, -0.2) is 55.0 Å². The first-order valence-electron chi connectivity index (χ1n) is 10.0. The molecule has 0 aliphatic heterocycles. The Morgan fingerprint density at radius 1 is 1.09 bits per heavy atom. The summed E-state index contributed by atoms with van der Waals surface area (Å²) < 4.78 is 43.0. The molecule has 178 valence electrons. The highest BCUT2D eigenvalue weighted by atomic mass is 32.2. The van der Waals surface area contributed by atoms with Crippen molar-refractivity contribution in [2.24, 2.45) is 5.92 Å². The summed E-state index contributed by atoms with van der Waals surface area (Å²) in [7, 11) is -4.12. The lowest BCUT2D eigenvalue weighted by molar-refractivity contribution is -0.155. The van der Waals surface area contributed by atoms with E-state index in [-0.39, 0.29) is 17.0 Å². The Balaban J connectivity index is 2.22. The third kappa shape index (κ3) is 8.03. The summed E-state index contributed by atoms with van der Waals surface area (Å²) in [6.45, 7) is 7.66. The van der Waals surface area contributed by atoms with E-state index in [2.05, 4.69) is 4.72 Å². The maximum absolute atomic E-state index is 12.5. The van der Waals surface area contributed by atoms with Crippen LogP contribution in [0.3, 0.4) is 0 Å². The molecule has 10 nitrogen and oxygen atoms in total. The fourth-order valence-corrected chi connectivity index (χ4v) is 3.35. The summed E-state index contributed by atoms with van der Waals surface area (Å²) in [5.41, 5.74) is -2.57. The van der Waals surface area contributed by atoms with Crippen LogP contribution < -0.4 is 9.46 Å². The van der Waals surface area contributed by atoms with Crippen molar-refractivity contribution < 1.29 is 42.1 Å². The van der Waals surface area contributed by atoms with Gasteiger partial charge >= 0.3 is 17.9 Å². The third-order valence-electron chi connectivity index (χ3n) is 4.25. The topological polar surface area (TPSA) is 145 Å². The van der Waals surface area contributed by atoms with Gasteiger partial charge in [-0.3, -0.25) is 9.52 Å². The Kier molecular flexibility index (Phi) is 7.44. The highest BCUT2D eigenvalue weighted by Gasteiger charge is 2.33. The number of ether oxygens (including phenoxy) is 3. The molecule has 2 rings (SSSR count). The Labute approximate surface area is 187 Å². The summed E-state index contributed by atoms with van der Waals surface area (Å²) in [4.78, 5) is 35.5. The van der Waals surface area contributed by atoms with Crippen molar-refractivity contribution in [3.63, 3.8) is 0 Å². The van der Waals surface area contributed by atoms with Gasteiger partial charge in [0.15, 0.2) is 5.75 Å². The Bertz CT molecular complexity index is 989. The smallest absolute Gasteiger partial charge is 0.347 e. The third-order valence-corrected chi connectivity index (χ3v) is 5.39. The van der Waals surface area contributed by atoms with E-state index in [9.17, 15) is 22.8 Å². The molecule has 0 spiro atoms. The van der Waals surface area contributed by atoms with E-state index < -0.39 is 44.9 Å². The molecule has 2 N–H and O–H groups in total. The van der Waals surface area contributed by atoms with Gasteiger partial charge in [-0.05, 0) is 71.6 Å². The summed E-state index contributed by atoms with van der Waals surface area (Å²) in [5.74, 6) is -3.64. The number of benzene rings is 1. The Morgan fingerprint density at radius 3 is 2.25 bits per heavy atom. The van der Waals surface area contributed by atoms with Crippen LogP contribution in [0.2, 0.25) is 0 Å². The minimum atomic E-state index is -4.12. The molecule has 0 unspecified atom stereocenters. The number of carboxylic acid groups (broad SMARTS) is 1. The lowest BCUT2D eigenvalue weighted by Crippen LogP contribution is -2.37. The van der Waals surface area contributed by atoms with Gasteiger partial charge in [-0.1, -0.05) is 0 Å². The van der Waals surface area contributed by atoms with Gasteiger partial charge in [0.2, 0.25) is 15.6 Å². The largest absolute Gasteiger partial charge is 0.491 e. The molecular formula is C21H29NO9S. The maximum Gasteiger partial charge on any atom is 0.347 e. The lowest BCUT2D eigenvalue weighted by atomic mass is 10.1. The molecule has 0 radical (unpaired) electrons. The standard InChI is InChI=1S/C21H29NO9S/c1-20(2,3)30-17(23)12-32(27,28)22-15-9-8-14(10-16(15)29-11-13-6-7-13)18(24)31-21(4,5)19(25)26/h8-10,13,22H,6-7,11-12H2,1-5H3,(H,25,26). The average Bonchev–Trinajstić information content (AvgIpc) is 3.42. The molecule has 1 fully saturated rings. The summed E-state index contributed by atoms with van der Waals surface area (Å²) in [5, 5.41) is 9.14. The number of nitrogens with one attached hydrogen (secondary N) is 1. The van der Waals surface area contributed by atoms with Gasteiger partial charge in [0.05, 0.1) is 17.9 Å². The molecule has 1 aliphatic carbocycles. The first kappa shape index (κ1) is 25.4. The molecule has 0 amide bonds. The first-order valence-corrected chi connectivity index (χ1v) is 11.7. The zero-order valence-electron chi connectivity index (χ0n) is 18.8. The fraction of sp³-hybridized carbons (Fsp3) is 0.571. The average molecular weight is 472 g/mol. The monoisotopic (exact) mass is 471 g/mol. The number of rotatable bonds is 10. The number of hydrogen-bond donors (Lipinski definition) is 2.